The molecule has 0 spiro atoms. The Bertz CT molecular complexity index is 1160. The second-order valence-electron chi connectivity index (χ2n) is 7.71. The lowest BCUT2D eigenvalue weighted by atomic mass is 9.92. The van der Waals surface area contributed by atoms with Gasteiger partial charge in [-0.3, -0.25) is 4.98 Å². The van der Waals surface area contributed by atoms with Crippen LogP contribution in [0.4, 0.5) is 5.82 Å². The van der Waals surface area contributed by atoms with Crippen molar-refractivity contribution in [2.75, 3.05) is 5.73 Å². The summed E-state index contributed by atoms with van der Waals surface area (Å²) < 4.78 is 0. The molecule has 27 heavy (non-hydrogen) atoms. The summed E-state index contributed by atoms with van der Waals surface area (Å²) in [5, 5.41) is 2.19. The molecule has 3 nitrogen and oxygen atoms in total. The fourth-order valence-corrected chi connectivity index (χ4v) is 3.71. The number of aryl methyl sites for hydroxylation is 3. The normalized spacial score (nSPS) is 12.6. The zero-order valence-electron chi connectivity index (χ0n) is 16.4. The predicted molar refractivity (Wildman–Crippen MR) is 114 cm³/mol. The van der Waals surface area contributed by atoms with Gasteiger partial charge in [-0.25, -0.2) is 4.98 Å². The number of nitrogens with zero attached hydrogens (tertiary/aromatic N) is 2. The maximum absolute atomic E-state index is 6.18. The number of nitrogen functional groups attached to an aromatic ring is 1. The molecule has 0 radical (unpaired) electrons. The van der Waals surface area contributed by atoms with Crippen molar-refractivity contribution in [1.82, 2.24) is 9.97 Å². The van der Waals surface area contributed by atoms with Crippen LogP contribution in [0.15, 0.2) is 48.7 Å². The summed E-state index contributed by atoms with van der Waals surface area (Å²) in [4.78, 5) is 9.20. The van der Waals surface area contributed by atoms with E-state index in [2.05, 4.69) is 80.1 Å². The van der Waals surface area contributed by atoms with E-state index in [1.807, 2.05) is 6.20 Å². The summed E-state index contributed by atoms with van der Waals surface area (Å²) in [5.41, 5.74) is 14.3. The van der Waals surface area contributed by atoms with Crippen LogP contribution < -0.4 is 5.73 Å². The Labute approximate surface area is 160 Å². The van der Waals surface area contributed by atoms with Gasteiger partial charge in [-0.15, -0.1) is 0 Å². The molecule has 0 fully saturated rings. The highest BCUT2D eigenvalue weighted by atomic mass is 14.9. The van der Waals surface area contributed by atoms with E-state index in [1.54, 1.807) is 0 Å². The molecule has 136 valence electrons. The Morgan fingerprint density at radius 1 is 0.926 bits per heavy atom. The molecule has 0 saturated carbocycles. The molecule has 0 aliphatic carbocycles. The van der Waals surface area contributed by atoms with Crippen LogP contribution >= 0.6 is 0 Å². The van der Waals surface area contributed by atoms with Gasteiger partial charge in [0.15, 0.2) is 5.82 Å². The second-order valence-corrected chi connectivity index (χ2v) is 7.71. The van der Waals surface area contributed by atoms with Crippen LogP contribution in [-0.4, -0.2) is 9.97 Å². The highest BCUT2D eigenvalue weighted by molar-refractivity contribution is 6.08. The van der Waals surface area contributed by atoms with Gasteiger partial charge >= 0.3 is 0 Å². The summed E-state index contributed by atoms with van der Waals surface area (Å²) in [6, 6.07) is 15.3. The number of anilines is 1. The van der Waals surface area contributed by atoms with Gasteiger partial charge in [0.25, 0.3) is 0 Å². The van der Waals surface area contributed by atoms with E-state index < -0.39 is 0 Å². The first-order chi connectivity index (χ1) is 12.9. The van der Waals surface area contributed by atoms with Gasteiger partial charge in [-0.2, -0.15) is 0 Å². The molecule has 1 atom stereocenters. The number of nitrogens with two attached hydrogens (primary N) is 1. The summed E-state index contributed by atoms with van der Waals surface area (Å²) in [7, 11) is 0. The minimum Gasteiger partial charge on any atom is -0.382 e. The van der Waals surface area contributed by atoms with Crippen LogP contribution in [-0.2, 0) is 6.42 Å². The van der Waals surface area contributed by atoms with Crippen molar-refractivity contribution >= 4 is 27.6 Å². The number of pyridine rings is 2. The summed E-state index contributed by atoms with van der Waals surface area (Å²) in [6.07, 6.45) is 2.94. The van der Waals surface area contributed by atoms with Crippen molar-refractivity contribution in [2.45, 2.75) is 40.0 Å². The molecular weight excluding hydrogens is 330 g/mol. The Kier molecular flexibility index (Phi) is 4.31. The molecule has 2 aromatic heterocycles. The summed E-state index contributed by atoms with van der Waals surface area (Å²) in [6.45, 7) is 8.66. The largest absolute Gasteiger partial charge is 0.382 e. The molecule has 0 bridgehead atoms. The highest BCUT2D eigenvalue weighted by Crippen LogP contribution is 2.30. The fraction of sp³-hybridized carbons (Fsp3) is 0.250. The quantitative estimate of drug-likeness (QED) is 0.484. The maximum Gasteiger partial charge on any atom is 0.150 e. The topological polar surface area (TPSA) is 51.8 Å². The second kappa shape index (κ2) is 6.66. The van der Waals surface area contributed by atoms with E-state index in [1.165, 1.54) is 27.8 Å². The van der Waals surface area contributed by atoms with Gasteiger partial charge in [0, 0.05) is 17.0 Å². The van der Waals surface area contributed by atoms with E-state index in [-0.39, 0.29) is 0 Å². The zero-order chi connectivity index (χ0) is 19.1. The van der Waals surface area contributed by atoms with Gasteiger partial charge < -0.3 is 5.73 Å². The highest BCUT2D eigenvalue weighted by Gasteiger charge is 2.13. The first kappa shape index (κ1) is 17.5. The Morgan fingerprint density at radius 2 is 1.74 bits per heavy atom. The molecule has 0 aliphatic heterocycles. The predicted octanol–water partition coefficient (Wildman–Crippen LogP) is 5.64. The lowest BCUT2D eigenvalue weighted by molar-refractivity contribution is 0.756. The van der Waals surface area contributed by atoms with Crippen LogP contribution in [0.5, 0.6) is 0 Å². The molecule has 0 saturated heterocycles. The van der Waals surface area contributed by atoms with Crippen molar-refractivity contribution in [3.63, 3.8) is 0 Å². The first-order valence-electron chi connectivity index (χ1n) is 9.44. The third-order valence-electron chi connectivity index (χ3n) is 5.52. The van der Waals surface area contributed by atoms with Gasteiger partial charge in [0.05, 0.1) is 5.52 Å². The van der Waals surface area contributed by atoms with E-state index in [4.69, 9.17) is 5.73 Å². The molecule has 0 aliphatic rings. The van der Waals surface area contributed by atoms with Crippen LogP contribution in [0.25, 0.3) is 21.8 Å². The first-order valence-corrected chi connectivity index (χ1v) is 9.44. The third-order valence-corrected chi connectivity index (χ3v) is 5.52. The number of hydrogen-bond acceptors (Lipinski definition) is 3. The number of aromatic nitrogens is 2. The molecule has 2 N–H and O–H groups in total. The van der Waals surface area contributed by atoms with E-state index in [0.29, 0.717) is 11.7 Å². The van der Waals surface area contributed by atoms with E-state index >= 15 is 0 Å². The smallest absolute Gasteiger partial charge is 0.150 e. The minimum atomic E-state index is 0.374. The van der Waals surface area contributed by atoms with Gasteiger partial charge in [-0.1, -0.05) is 37.3 Å². The summed E-state index contributed by atoms with van der Waals surface area (Å²) >= 11 is 0. The Hall–Kier alpha value is -2.94. The van der Waals surface area contributed by atoms with E-state index in [9.17, 15) is 0 Å². The summed E-state index contributed by atoms with van der Waals surface area (Å²) in [5.74, 6) is 0.871. The molecular formula is C24H25N3. The standard InChI is InChI=1S/C24H25N3/c1-14-5-8-20-21-12-19(13-26-23(21)24(25)27-22(20)9-14)17(4)11-18-7-6-15(2)16(3)10-18/h5-10,12-13,17H,11H2,1-4H3,(H2,25,27). The van der Waals surface area contributed by atoms with Crippen molar-refractivity contribution in [1.29, 1.82) is 0 Å². The lowest BCUT2D eigenvalue weighted by Gasteiger charge is -2.15. The van der Waals surface area contributed by atoms with Crippen LogP contribution in [0.3, 0.4) is 0 Å². The third kappa shape index (κ3) is 3.25. The number of benzene rings is 2. The molecule has 4 rings (SSSR count). The van der Waals surface area contributed by atoms with Crippen molar-refractivity contribution in [3.8, 4) is 0 Å². The van der Waals surface area contributed by atoms with Crippen LogP contribution in [0.2, 0.25) is 0 Å². The number of rotatable bonds is 3. The van der Waals surface area contributed by atoms with Gasteiger partial charge in [-0.05, 0) is 73.1 Å². The van der Waals surface area contributed by atoms with Crippen molar-refractivity contribution in [2.24, 2.45) is 0 Å². The molecule has 1 unspecified atom stereocenters. The van der Waals surface area contributed by atoms with Crippen LogP contribution in [0, 0.1) is 20.8 Å². The van der Waals surface area contributed by atoms with Crippen molar-refractivity contribution < 1.29 is 0 Å². The SMILES string of the molecule is Cc1ccc2c(c1)nc(N)c1ncc(C(C)Cc3ccc(C)c(C)c3)cc12. The van der Waals surface area contributed by atoms with Crippen molar-refractivity contribution in [3.05, 3.63) is 76.5 Å². The average Bonchev–Trinajstić information content (AvgIpc) is 2.64. The average molecular weight is 355 g/mol. The molecule has 0 amide bonds. The lowest BCUT2D eigenvalue weighted by Crippen LogP contribution is -2.02. The fourth-order valence-electron chi connectivity index (χ4n) is 3.71. The maximum atomic E-state index is 6.18. The number of hydrogen-bond donors (Lipinski definition) is 1. The molecule has 2 aromatic carbocycles. The molecule has 3 heteroatoms. The molecule has 4 aromatic rings. The van der Waals surface area contributed by atoms with Crippen LogP contribution in [0.1, 0.15) is 40.7 Å². The molecule has 2 heterocycles. The minimum absolute atomic E-state index is 0.374. The number of fused-ring (bicyclic) bond motifs is 3. The zero-order valence-corrected chi connectivity index (χ0v) is 16.4. The van der Waals surface area contributed by atoms with E-state index in [0.717, 1.165) is 28.2 Å². The van der Waals surface area contributed by atoms with Gasteiger partial charge in [0.1, 0.15) is 5.52 Å². The Morgan fingerprint density at radius 3 is 2.52 bits per heavy atom. The Balaban J connectivity index is 1.77. The van der Waals surface area contributed by atoms with Gasteiger partial charge in [0.2, 0.25) is 0 Å². The monoisotopic (exact) mass is 355 g/mol.